The van der Waals surface area contributed by atoms with Crippen molar-refractivity contribution in [3.8, 4) is 11.8 Å². The summed E-state index contributed by atoms with van der Waals surface area (Å²) in [5, 5.41) is 13.1. The highest BCUT2D eigenvalue weighted by Crippen LogP contribution is 2.23. The quantitative estimate of drug-likeness (QED) is 0.810. The van der Waals surface area contributed by atoms with E-state index in [1.54, 1.807) is 10.7 Å². The van der Waals surface area contributed by atoms with Crippen LogP contribution in [0.5, 0.6) is 0 Å². The Bertz CT molecular complexity index is 625. The predicted molar refractivity (Wildman–Crippen MR) is 65.4 cm³/mol. The zero-order valence-electron chi connectivity index (χ0n) is 9.33. The van der Waals surface area contributed by atoms with E-state index in [9.17, 15) is 4.39 Å². The van der Waals surface area contributed by atoms with Gasteiger partial charge in [-0.25, -0.2) is 9.07 Å². The smallest absolute Gasteiger partial charge is 0.126 e. The monoisotopic (exact) mass is 293 g/mol. The lowest BCUT2D eigenvalue weighted by Crippen LogP contribution is -2.00. The second kappa shape index (κ2) is 4.30. The molecular formula is C12H9BrFN3. The summed E-state index contributed by atoms with van der Waals surface area (Å²) >= 11 is 3.41. The van der Waals surface area contributed by atoms with Gasteiger partial charge in [-0.2, -0.15) is 10.4 Å². The molecule has 0 saturated heterocycles. The molecule has 0 atom stereocenters. The number of benzene rings is 1. The summed E-state index contributed by atoms with van der Waals surface area (Å²) < 4.78 is 15.8. The number of aromatic nitrogens is 2. The lowest BCUT2D eigenvalue weighted by atomic mass is 10.2. The third-order valence-electron chi connectivity index (χ3n) is 2.46. The largest absolute Gasteiger partial charge is 0.237 e. The summed E-state index contributed by atoms with van der Waals surface area (Å²) in [5.74, 6) is -0.442. The van der Waals surface area contributed by atoms with Crippen molar-refractivity contribution in [3.05, 3.63) is 45.4 Å². The first-order valence-corrected chi connectivity index (χ1v) is 5.75. The van der Waals surface area contributed by atoms with Gasteiger partial charge in [0.2, 0.25) is 0 Å². The first kappa shape index (κ1) is 11.8. The molecule has 0 saturated carbocycles. The molecule has 0 bridgehead atoms. The van der Waals surface area contributed by atoms with Gasteiger partial charge >= 0.3 is 0 Å². The van der Waals surface area contributed by atoms with Gasteiger partial charge in [0.1, 0.15) is 5.82 Å². The van der Waals surface area contributed by atoms with Crippen LogP contribution < -0.4 is 0 Å². The standard InChI is InChI=1S/C12H9BrFN3/c1-7-12(13)8(2)17(16-7)11-4-9(6-15)3-10(14)5-11/h3-5H,1-2H3. The molecule has 0 fully saturated rings. The van der Waals surface area contributed by atoms with Gasteiger partial charge in [-0.15, -0.1) is 0 Å². The van der Waals surface area contributed by atoms with E-state index in [0.29, 0.717) is 5.69 Å². The molecule has 0 aliphatic rings. The first-order chi connectivity index (χ1) is 8.02. The third-order valence-corrected chi connectivity index (χ3v) is 3.61. The van der Waals surface area contributed by atoms with Gasteiger partial charge in [0.15, 0.2) is 0 Å². The Morgan fingerprint density at radius 2 is 2.06 bits per heavy atom. The fraction of sp³-hybridized carbons (Fsp3) is 0.167. The van der Waals surface area contributed by atoms with Gasteiger partial charge in [0.05, 0.1) is 33.2 Å². The molecule has 1 aromatic heterocycles. The van der Waals surface area contributed by atoms with Gasteiger partial charge < -0.3 is 0 Å². The van der Waals surface area contributed by atoms with E-state index in [2.05, 4.69) is 21.0 Å². The number of nitrogens with zero attached hydrogens (tertiary/aromatic N) is 3. The van der Waals surface area contributed by atoms with Gasteiger partial charge in [-0.1, -0.05) is 0 Å². The summed E-state index contributed by atoms with van der Waals surface area (Å²) in [7, 11) is 0. The molecular weight excluding hydrogens is 285 g/mol. The summed E-state index contributed by atoms with van der Waals surface area (Å²) in [6, 6.07) is 6.08. The van der Waals surface area contributed by atoms with Crippen LogP contribution in [0.1, 0.15) is 17.0 Å². The molecule has 0 aliphatic carbocycles. The van der Waals surface area contributed by atoms with E-state index in [1.807, 2.05) is 19.9 Å². The maximum atomic E-state index is 13.3. The molecule has 0 radical (unpaired) electrons. The van der Waals surface area contributed by atoms with Gasteiger partial charge in [-0.05, 0) is 48.0 Å². The van der Waals surface area contributed by atoms with Crippen LogP contribution in [-0.2, 0) is 0 Å². The second-order valence-electron chi connectivity index (χ2n) is 3.71. The van der Waals surface area contributed by atoms with Crippen molar-refractivity contribution >= 4 is 15.9 Å². The maximum Gasteiger partial charge on any atom is 0.126 e. The minimum Gasteiger partial charge on any atom is -0.237 e. The molecule has 0 aliphatic heterocycles. The Labute approximate surface area is 107 Å². The zero-order valence-corrected chi connectivity index (χ0v) is 10.9. The number of aryl methyl sites for hydroxylation is 1. The van der Waals surface area contributed by atoms with Crippen molar-refractivity contribution in [2.24, 2.45) is 0 Å². The highest BCUT2D eigenvalue weighted by Gasteiger charge is 2.11. The molecule has 17 heavy (non-hydrogen) atoms. The number of nitriles is 1. The molecule has 3 nitrogen and oxygen atoms in total. The Morgan fingerprint density at radius 3 is 2.59 bits per heavy atom. The van der Waals surface area contributed by atoms with Crippen molar-refractivity contribution < 1.29 is 4.39 Å². The van der Waals surface area contributed by atoms with Gasteiger partial charge in [0.25, 0.3) is 0 Å². The Morgan fingerprint density at radius 1 is 1.35 bits per heavy atom. The molecule has 86 valence electrons. The topological polar surface area (TPSA) is 41.6 Å². The van der Waals surface area contributed by atoms with Gasteiger partial charge in [0, 0.05) is 0 Å². The second-order valence-corrected chi connectivity index (χ2v) is 4.50. The van der Waals surface area contributed by atoms with Crippen LogP contribution in [0.15, 0.2) is 22.7 Å². The van der Waals surface area contributed by atoms with Crippen LogP contribution in [0, 0.1) is 31.0 Å². The average molecular weight is 294 g/mol. The summed E-state index contributed by atoms with van der Waals surface area (Å²) in [6.07, 6.45) is 0. The van der Waals surface area contributed by atoms with Crippen molar-refractivity contribution in [1.29, 1.82) is 5.26 Å². The lowest BCUT2D eigenvalue weighted by Gasteiger charge is -2.05. The Kier molecular flexibility index (Phi) is 2.99. The van der Waals surface area contributed by atoms with Crippen LogP contribution in [-0.4, -0.2) is 9.78 Å². The SMILES string of the molecule is Cc1nn(-c2cc(F)cc(C#N)c2)c(C)c1Br. The predicted octanol–water partition coefficient (Wildman–Crippen LogP) is 3.26. The highest BCUT2D eigenvalue weighted by molar-refractivity contribution is 9.10. The van der Waals surface area contributed by atoms with E-state index in [-0.39, 0.29) is 5.56 Å². The molecule has 2 aromatic rings. The third kappa shape index (κ3) is 2.08. The van der Waals surface area contributed by atoms with Gasteiger partial charge in [-0.3, -0.25) is 0 Å². The zero-order chi connectivity index (χ0) is 12.6. The van der Waals surface area contributed by atoms with Crippen molar-refractivity contribution in [2.75, 3.05) is 0 Å². The number of halogens is 2. The number of rotatable bonds is 1. The number of hydrogen-bond acceptors (Lipinski definition) is 2. The van der Waals surface area contributed by atoms with E-state index in [0.717, 1.165) is 15.9 Å². The first-order valence-electron chi connectivity index (χ1n) is 4.95. The van der Waals surface area contributed by atoms with E-state index >= 15 is 0 Å². The fourth-order valence-electron chi connectivity index (χ4n) is 1.64. The fourth-order valence-corrected chi connectivity index (χ4v) is 1.88. The Balaban J connectivity index is 2.65. The molecule has 1 aromatic carbocycles. The maximum absolute atomic E-state index is 13.3. The molecule has 0 spiro atoms. The van der Waals surface area contributed by atoms with Crippen LogP contribution in [0.3, 0.4) is 0 Å². The van der Waals surface area contributed by atoms with Crippen LogP contribution >= 0.6 is 15.9 Å². The molecule has 0 amide bonds. The Hall–Kier alpha value is -1.67. The average Bonchev–Trinajstić information content (AvgIpc) is 2.56. The highest BCUT2D eigenvalue weighted by atomic mass is 79.9. The minimum atomic E-state index is -0.442. The normalized spacial score (nSPS) is 10.3. The summed E-state index contributed by atoms with van der Waals surface area (Å²) in [6.45, 7) is 3.74. The van der Waals surface area contributed by atoms with E-state index in [4.69, 9.17) is 5.26 Å². The minimum absolute atomic E-state index is 0.281. The van der Waals surface area contributed by atoms with Crippen LogP contribution in [0.4, 0.5) is 4.39 Å². The van der Waals surface area contributed by atoms with Crippen molar-refractivity contribution in [2.45, 2.75) is 13.8 Å². The molecule has 5 heteroatoms. The van der Waals surface area contributed by atoms with E-state index in [1.165, 1.54) is 12.1 Å². The summed E-state index contributed by atoms with van der Waals surface area (Å²) in [4.78, 5) is 0. The molecule has 0 N–H and O–H groups in total. The number of hydrogen-bond donors (Lipinski definition) is 0. The van der Waals surface area contributed by atoms with Crippen molar-refractivity contribution in [3.63, 3.8) is 0 Å². The molecule has 1 heterocycles. The van der Waals surface area contributed by atoms with Crippen LogP contribution in [0.25, 0.3) is 5.69 Å². The molecule has 0 unspecified atom stereocenters. The molecule has 2 rings (SSSR count). The summed E-state index contributed by atoms with van der Waals surface area (Å²) in [5.41, 5.74) is 2.53. The van der Waals surface area contributed by atoms with Crippen LogP contribution in [0.2, 0.25) is 0 Å². The van der Waals surface area contributed by atoms with Crippen molar-refractivity contribution in [1.82, 2.24) is 9.78 Å². The lowest BCUT2D eigenvalue weighted by molar-refractivity contribution is 0.624. The van der Waals surface area contributed by atoms with E-state index < -0.39 is 5.82 Å².